The lowest BCUT2D eigenvalue weighted by Gasteiger charge is -2.13. The summed E-state index contributed by atoms with van der Waals surface area (Å²) in [7, 11) is 0. The molecule has 2 rings (SSSR count). The molecule has 2 aromatic rings. The zero-order valence-corrected chi connectivity index (χ0v) is 11.1. The van der Waals surface area contributed by atoms with Gasteiger partial charge in [0.2, 0.25) is 11.5 Å². The first-order valence-corrected chi connectivity index (χ1v) is 6.01. The van der Waals surface area contributed by atoms with Crippen LogP contribution in [0.15, 0.2) is 33.4 Å². The molecule has 0 saturated carbocycles. The van der Waals surface area contributed by atoms with Crippen molar-refractivity contribution in [1.82, 2.24) is 15.6 Å². The Kier molecular flexibility index (Phi) is 3.61. The van der Waals surface area contributed by atoms with Crippen molar-refractivity contribution in [3.63, 3.8) is 0 Å². The SMILES string of the molecule is C[C@H](NC(=O)c1nonc1N)c1cccc(Br)c1. The number of aromatic nitrogens is 2. The van der Waals surface area contributed by atoms with Crippen molar-refractivity contribution in [3.05, 3.63) is 40.0 Å². The first-order valence-electron chi connectivity index (χ1n) is 5.22. The van der Waals surface area contributed by atoms with E-state index < -0.39 is 5.91 Å². The Morgan fingerprint density at radius 1 is 1.50 bits per heavy atom. The predicted molar refractivity (Wildman–Crippen MR) is 68.7 cm³/mol. The maximum Gasteiger partial charge on any atom is 0.277 e. The molecule has 0 saturated heterocycles. The van der Waals surface area contributed by atoms with E-state index in [1.54, 1.807) is 0 Å². The topological polar surface area (TPSA) is 94.0 Å². The highest BCUT2D eigenvalue weighted by molar-refractivity contribution is 9.10. The van der Waals surface area contributed by atoms with Crippen LogP contribution in [0.5, 0.6) is 0 Å². The fourth-order valence-electron chi connectivity index (χ4n) is 1.48. The normalized spacial score (nSPS) is 12.1. The number of nitrogens with one attached hydrogen (secondary N) is 1. The Bertz CT molecular complexity index is 570. The Balaban J connectivity index is 2.10. The summed E-state index contributed by atoms with van der Waals surface area (Å²) in [5, 5.41) is 9.57. The fourth-order valence-corrected chi connectivity index (χ4v) is 1.89. The molecule has 0 aliphatic rings. The summed E-state index contributed by atoms with van der Waals surface area (Å²) >= 11 is 3.38. The van der Waals surface area contributed by atoms with Gasteiger partial charge in [0, 0.05) is 4.47 Å². The minimum atomic E-state index is -0.416. The highest BCUT2D eigenvalue weighted by atomic mass is 79.9. The zero-order valence-electron chi connectivity index (χ0n) is 9.55. The van der Waals surface area contributed by atoms with Gasteiger partial charge < -0.3 is 11.1 Å². The third-order valence-corrected chi connectivity index (χ3v) is 2.92. The molecule has 1 atom stereocenters. The summed E-state index contributed by atoms with van der Waals surface area (Å²) < 4.78 is 5.33. The molecule has 1 aromatic heterocycles. The van der Waals surface area contributed by atoms with E-state index in [0.29, 0.717) is 0 Å². The molecule has 0 fully saturated rings. The van der Waals surface area contributed by atoms with Crippen LogP contribution in [0.4, 0.5) is 5.82 Å². The number of anilines is 1. The van der Waals surface area contributed by atoms with Crippen LogP contribution in [-0.2, 0) is 0 Å². The molecule has 0 radical (unpaired) electrons. The molecule has 3 N–H and O–H groups in total. The minimum Gasteiger partial charge on any atom is -0.379 e. The average molecular weight is 311 g/mol. The number of rotatable bonds is 3. The zero-order chi connectivity index (χ0) is 13.1. The second-order valence-corrected chi connectivity index (χ2v) is 4.66. The van der Waals surface area contributed by atoms with Gasteiger partial charge in [-0.25, -0.2) is 4.63 Å². The van der Waals surface area contributed by atoms with Gasteiger partial charge in [-0.1, -0.05) is 28.1 Å². The van der Waals surface area contributed by atoms with Crippen LogP contribution in [0.2, 0.25) is 0 Å². The van der Waals surface area contributed by atoms with Crippen LogP contribution in [-0.4, -0.2) is 16.2 Å². The van der Waals surface area contributed by atoms with Crippen LogP contribution in [0.1, 0.15) is 29.0 Å². The van der Waals surface area contributed by atoms with E-state index in [9.17, 15) is 4.79 Å². The van der Waals surface area contributed by atoms with Gasteiger partial charge in [0.25, 0.3) is 5.91 Å². The van der Waals surface area contributed by atoms with Crippen molar-refractivity contribution in [2.45, 2.75) is 13.0 Å². The van der Waals surface area contributed by atoms with Crippen molar-refractivity contribution < 1.29 is 9.42 Å². The second kappa shape index (κ2) is 5.18. The number of nitrogens with zero attached hydrogens (tertiary/aromatic N) is 2. The molecular formula is C11H11BrN4O2. The second-order valence-electron chi connectivity index (χ2n) is 3.75. The first kappa shape index (κ1) is 12.6. The Hall–Kier alpha value is -1.89. The molecule has 1 heterocycles. The molecule has 94 valence electrons. The molecule has 7 heteroatoms. The Labute approximate surface area is 112 Å². The van der Waals surface area contributed by atoms with E-state index in [-0.39, 0.29) is 17.6 Å². The lowest BCUT2D eigenvalue weighted by atomic mass is 10.1. The van der Waals surface area contributed by atoms with Gasteiger partial charge in [0.1, 0.15) is 0 Å². The predicted octanol–water partition coefficient (Wildman–Crippen LogP) is 1.91. The van der Waals surface area contributed by atoms with Crippen LogP contribution in [0, 0.1) is 0 Å². The van der Waals surface area contributed by atoms with Gasteiger partial charge in [-0.05, 0) is 34.9 Å². The first-order chi connectivity index (χ1) is 8.58. The lowest BCUT2D eigenvalue weighted by Crippen LogP contribution is -2.27. The number of amides is 1. The van der Waals surface area contributed by atoms with E-state index >= 15 is 0 Å². The maximum absolute atomic E-state index is 11.8. The van der Waals surface area contributed by atoms with Crippen molar-refractivity contribution in [3.8, 4) is 0 Å². The van der Waals surface area contributed by atoms with Crippen molar-refractivity contribution in [1.29, 1.82) is 0 Å². The van der Waals surface area contributed by atoms with E-state index in [1.807, 2.05) is 31.2 Å². The van der Waals surface area contributed by atoms with Gasteiger partial charge in [0.15, 0.2) is 0 Å². The lowest BCUT2D eigenvalue weighted by molar-refractivity contribution is 0.0930. The Morgan fingerprint density at radius 3 is 2.89 bits per heavy atom. The molecule has 0 spiro atoms. The number of nitrogens with two attached hydrogens (primary N) is 1. The number of halogens is 1. The fraction of sp³-hybridized carbons (Fsp3) is 0.182. The number of hydrogen-bond acceptors (Lipinski definition) is 5. The van der Waals surface area contributed by atoms with Gasteiger partial charge >= 0.3 is 0 Å². The summed E-state index contributed by atoms with van der Waals surface area (Å²) in [4.78, 5) is 11.8. The summed E-state index contributed by atoms with van der Waals surface area (Å²) in [6.45, 7) is 1.86. The molecule has 0 unspecified atom stereocenters. The summed E-state index contributed by atoms with van der Waals surface area (Å²) in [6.07, 6.45) is 0. The van der Waals surface area contributed by atoms with Gasteiger partial charge in [-0.2, -0.15) is 0 Å². The molecule has 0 bridgehead atoms. The van der Waals surface area contributed by atoms with E-state index in [0.717, 1.165) is 10.0 Å². The van der Waals surface area contributed by atoms with E-state index in [4.69, 9.17) is 5.73 Å². The summed E-state index contributed by atoms with van der Waals surface area (Å²) in [6, 6.07) is 7.48. The molecule has 18 heavy (non-hydrogen) atoms. The standard InChI is InChI=1S/C11H11BrN4O2/c1-6(7-3-2-4-8(12)5-7)14-11(17)9-10(13)16-18-15-9/h2-6H,1H3,(H2,13,16)(H,14,17)/t6-/m0/s1. The third kappa shape index (κ3) is 2.67. The van der Waals surface area contributed by atoms with Crippen molar-refractivity contribution in [2.75, 3.05) is 5.73 Å². The maximum atomic E-state index is 11.8. The molecule has 1 amide bonds. The number of benzene rings is 1. The number of nitrogen functional groups attached to an aromatic ring is 1. The smallest absolute Gasteiger partial charge is 0.277 e. The highest BCUT2D eigenvalue weighted by Crippen LogP contribution is 2.18. The monoisotopic (exact) mass is 310 g/mol. The summed E-state index contributed by atoms with van der Waals surface area (Å²) in [5.41, 5.74) is 6.41. The minimum absolute atomic E-state index is 0.00292. The molecule has 1 aromatic carbocycles. The quantitative estimate of drug-likeness (QED) is 0.903. The van der Waals surface area contributed by atoms with E-state index in [2.05, 4.69) is 36.2 Å². The number of carbonyl (C=O) groups excluding carboxylic acids is 1. The third-order valence-electron chi connectivity index (χ3n) is 2.43. The Morgan fingerprint density at radius 2 is 2.28 bits per heavy atom. The number of hydrogen-bond donors (Lipinski definition) is 2. The molecule has 0 aliphatic carbocycles. The van der Waals surface area contributed by atoms with Gasteiger partial charge in [0.05, 0.1) is 6.04 Å². The van der Waals surface area contributed by atoms with Crippen LogP contribution < -0.4 is 11.1 Å². The van der Waals surface area contributed by atoms with E-state index in [1.165, 1.54) is 0 Å². The highest BCUT2D eigenvalue weighted by Gasteiger charge is 2.18. The largest absolute Gasteiger partial charge is 0.379 e. The average Bonchev–Trinajstić information content (AvgIpc) is 2.75. The molecular weight excluding hydrogens is 300 g/mol. The van der Waals surface area contributed by atoms with Crippen molar-refractivity contribution >= 4 is 27.7 Å². The van der Waals surface area contributed by atoms with Crippen molar-refractivity contribution in [2.24, 2.45) is 0 Å². The molecule has 0 aliphatic heterocycles. The molecule has 6 nitrogen and oxygen atoms in total. The number of carbonyl (C=O) groups is 1. The van der Waals surface area contributed by atoms with Gasteiger partial charge in [-0.3, -0.25) is 4.79 Å². The summed E-state index contributed by atoms with van der Waals surface area (Å²) in [5.74, 6) is -0.435. The van der Waals surface area contributed by atoms with Gasteiger partial charge in [-0.15, -0.1) is 0 Å². The van der Waals surface area contributed by atoms with Crippen LogP contribution >= 0.6 is 15.9 Å². The van der Waals surface area contributed by atoms with Crippen LogP contribution in [0.25, 0.3) is 0 Å². The van der Waals surface area contributed by atoms with Crippen LogP contribution in [0.3, 0.4) is 0 Å².